The maximum atomic E-state index is 13.6. The van der Waals surface area contributed by atoms with Crippen molar-refractivity contribution in [2.24, 2.45) is 0 Å². The molecule has 0 fully saturated rings. The molecular weight excluding hydrogens is 369 g/mol. The molecule has 0 atom stereocenters. The molecule has 6 nitrogen and oxygen atoms in total. The number of aryl methyl sites for hydroxylation is 2. The molecule has 0 unspecified atom stereocenters. The van der Waals surface area contributed by atoms with E-state index < -0.39 is 0 Å². The van der Waals surface area contributed by atoms with Crippen molar-refractivity contribution in [3.05, 3.63) is 77.2 Å². The summed E-state index contributed by atoms with van der Waals surface area (Å²) in [7, 11) is 0. The lowest BCUT2D eigenvalue weighted by atomic mass is 10.1. The normalized spacial score (nSPS) is 10.4. The zero-order chi connectivity index (χ0) is 20.6. The van der Waals surface area contributed by atoms with Gasteiger partial charge in [-0.2, -0.15) is 4.98 Å². The van der Waals surface area contributed by atoms with Crippen LogP contribution in [0.2, 0.25) is 0 Å². The van der Waals surface area contributed by atoms with Gasteiger partial charge in [-0.15, -0.1) is 0 Å². The van der Waals surface area contributed by atoms with E-state index in [9.17, 15) is 9.18 Å². The lowest BCUT2D eigenvalue weighted by molar-refractivity contribution is -0.120. The third-order valence-electron chi connectivity index (χ3n) is 4.22. The summed E-state index contributed by atoms with van der Waals surface area (Å²) in [5, 5.41) is 9.12. The van der Waals surface area contributed by atoms with E-state index in [0.29, 0.717) is 30.4 Å². The van der Waals surface area contributed by atoms with Crippen molar-refractivity contribution in [3.8, 4) is 0 Å². The van der Waals surface area contributed by atoms with Crippen molar-refractivity contribution in [1.29, 1.82) is 0 Å². The lowest BCUT2D eigenvalue weighted by Crippen LogP contribution is -2.30. The first-order chi connectivity index (χ1) is 14.0. The summed E-state index contributed by atoms with van der Waals surface area (Å²) >= 11 is 0. The third-order valence-corrected chi connectivity index (χ3v) is 4.22. The highest BCUT2D eigenvalue weighted by Gasteiger charge is 2.07. The predicted octanol–water partition coefficient (Wildman–Crippen LogP) is 3.75. The van der Waals surface area contributed by atoms with Gasteiger partial charge in [-0.1, -0.05) is 35.9 Å². The fourth-order valence-corrected chi connectivity index (χ4v) is 2.75. The van der Waals surface area contributed by atoms with E-state index in [2.05, 4.69) is 25.9 Å². The van der Waals surface area contributed by atoms with Gasteiger partial charge in [0.15, 0.2) is 0 Å². The van der Waals surface area contributed by atoms with E-state index in [0.717, 1.165) is 11.4 Å². The number of anilines is 3. The molecule has 1 heterocycles. The highest BCUT2D eigenvalue weighted by Crippen LogP contribution is 2.17. The molecule has 3 N–H and O–H groups in total. The first kappa shape index (κ1) is 20.3. The maximum Gasteiger partial charge on any atom is 0.224 e. The predicted molar refractivity (Wildman–Crippen MR) is 113 cm³/mol. The van der Waals surface area contributed by atoms with Gasteiger partial charge in [-0.25, -0.2) is 9.37 Å². The Balaban J connectivity index is 1.49. The fourth-order valence-electron chi connectivity index (χ4n) is 2.75. The highest BCUT2D eigenvalue weighted by atomic mass is 19.1. The number of aromatic nitrogens is 2. The quantitative estimate of drug-likeness (QED) is 0.508. The van der Waals surface area contributed by atoms with Gasteiger partial charge in [0.1, 0.15) is 11.6 Å². The average Bonchev–Trinajstić information content (AvgIpc) is 2.68. The summed E-state index contributed by atoms with van der Waals surface area (Å²) < 4.78 is 13.6. The summed E-state index contributed by atoms with van der Waals surface area (Å²) in [6, 6.07) is 16.2. The van der Waals surface area contributed by atoms with Crippen LogP contribution in [-0.2, 0) is 11.2 Å². The number of rotatable bonds is 8. The zero-order valence-electron chi connectivity index (χ0n) is 16.5. The average molecular weight is 393 g/mol. The Morgan fingerprint density at radius 1 is 1.00 bits per heavy atom. The molecule has 7 heteroatoms. The fraction of sp³-hybridized carbons (Fsp3) is 0.227. The molecule has 3 aromatic rings. The van der Waals surface area contributed by atoms with Gasteiger partial charge in [0.05, 0.1) is 6.42 Å². The van der Waals surface area contributed by atoms with Gasteiger partial charge < -0.3 is 16.0 Å². The summed E-state index contributed by atoms with van der Waals surface area (Å²) in [4.78, 5) is 20.8. The van der Waals surface area contributed by atoms with Crippen molar-refractivity contribution in [2.75, 3.05) is 23.7 Å². The van der Waals surface area contributed by atoms with Crippen LogP contribution in [0.25, 0.3) is 0 Å². The van der Waals surface area contributed by atoms with Crippen LogP contribution in [0.5, 0.6) is 0 Å². The second-order valence-corrected chi connectivity index (χ2v) is 6.75. The molecule has 0 bridgehead atoms. The van der Waals surface area contributed by atoms with Gasteiger partial charge in [0.25, 0.3) is 0 Å². The molecule has 2 aromatic carbocycles. The monoisotopic (exact) mass is 393 g/mol. The number of amides is 1. The summed E-state index contributed by atoms with van der Waals surface area (Å²) in [5.41, 5.74) is 3.33. The molecule has 0 spiro atoms. The van der Waals surface area contributed by atoms with Crippen LogP contribution in [0.3, 0.4) is 0 Å². The molecule has 0 radical (unpaired) electrons. The van der Waals surface area contributed by atoms with Crippen LogP contribution in [-0.4, -0.2) is 29.0 Å². The largest absolute Gasteiger partial charge is 0.354 e. The van der Waals surface area contributed by atoms with E-state index in [4.69, 9.17) is 0 Å². The number of carbonyl (C=O) groups is 1. The van der Waals surface area contributed by atoms with E-state index in [1.54, 1.807) is 18.2 Å². The van der Waals surface area contributed by atoms with Crippen molar-refractivity contribution in [2.45, 2.75) is 20.3 Å². The number of halogens is 1. The highest BCUT2D eigenvalue weighted by molar-refractivity contribution is 5.78. The molecule has 150 valence electrons. The molecule has 0 aliphatic rings. The number of carbonyl (C=O) groups excluding carboxylic acids is 1. The van der Waals surface area contributed by atoms with Gasteiger partial charge in [-0.3, -0.25) is 4.79 Å². The van der Waals surface area contributed by atoms with Crippen LogP contribution in [0.4, 0.5) is 21.8 Å². The van der Waals surface area contributed by atoms with Crippen molar-refractivity contribution in [3.63, 3.8) is 0 Å². The van der Waals surface area contributed by atoms with Crippen LogP contribution in [0.15, 0.2) is 54.6 Å². The Morgan fingerprint density at radius 3 is 2.52 bits per heavy atom. The summed E-state index contributed by atoms with van der Waals surface area (Å²) in [6.07, 6.45) is 0.0121. The second-order valence-electron chi connectivity index (χ2n) is 6.75. The van der Waals surface area contributed by atoms with Crippen molar-refractivity contribution in [1.82, 2.24) is 15.3 Å². The van der Waals surface area contributed by atoms with Crippen LogP contribution in [0.1, 0.15) is 16.8 Å². The van der Waals surface area contributed by atoms with Gasteiger partial charge >= 0.3 is 0 Å². The second kappa shape index (κ2) is 9.64. The molecule has 1 aromatic heterocycles. The van der Waals surface area contributed by atoms with Crippen LogP contribution in [0, 0.1) is 19.7 Å². The Hall–Kier alpha value is -3.48. The Labute approximate surface area is 169 Å². The smallest absolute Gasteiger partial charge is 0.224 e. The van der Waals surface area contributed by atoms with Gasteiger partial charge in [0, 0.05) is 30.5 Å². The van der Waals surface area contributed by atoms with Crippen molar-refractivity contribution >= 4 is 23.4 Å². The minimum Gasteiger partial charge on any atom is -0.354 e. The number of benzene rings is 2. The Kier molecular flexibility index (Phi) is 6.73. The molecule has 0 saturated carbocycles. The standard InChI is InChI=1S/C22H24FN5O/c1-15-7-9-18(10-8-15)27-20-13-16(2)26-22(28-20)25-12-11-24-21(29)14-17-5-3-4-6-19(17)23/h3-10,13H,11-12,14H2,1-2H3,(H,24,29)(H2,25,26,27,28). The minimum atomic E-state index is -0.373. The third kappa shape index (κ3) is 6.27. The molecule has 0 aliphatic heterocycles. The topological polar surface area (TPSA) is 78.9 Å². The molecular formula is C22H24FN5O. The van der Waals surface area contributed by atoms with Crippen LogP contribution >= 0.6 is 0 Å². The molecule has 0 saturated heterocycles. The summed E-state index contributed by atoms with van der Waals surface area (Å²) in [6.45, 7) is 4.76. The first-order valence-electron chi connectivity index (χ1n) is 9.43. The first-order valence-corrected chi connectivity index (χ1v) is 9.43. The van der Waals surface area contributed by atoms with E-state index in [1.807, 2.05) is 44.2 Å². The molecule has 1 amide bonds. The van der Waals surface area contributed by atoms with E-state index in [-0.39, 0.29) is 18.1 Å². The van der Waals surface area contributed by atoms with Gasteiger partial charge in [-0.05, 0) is 37.6 Å². The SMILES string of the molecule is Cc1ccc(Nc2cc(C)nc(NCCNC(=O)Cc3ccccc3F)n2)cc1. The van der Waals surface area contributed by atoms with Gasteiger partial charge in [0.2, 0.25) is 11.9 Å². The van der Waals surface area contributed by atoms with Crippen LogP contribution < -0.4 is 16.0 Å². The minimum absolute atomic E-state index is 0.0121. The number of hydrogen-bond donors (Lipinski definition) is 3. The van der Waals surface area contributed by atoms with E-state index >= 15 is 0 Å². The summed E-state index contributed by atoms with van der Waals surface area (Å²) in [5.74, 6) is 0.557. The molecule has 3 rings (SSSR count). The zero-order valence-corrected chi connectivity index (χ0v) is 16.5. The van der Waals surface area contributed by atoms with E-state index in [1.165, 1.54) is 11.6 Å². The molecule has 0 aliphatic carbocycles. The number of nitrogens with zero attached hydrogens (tertiary/aromatic N) is 2. The number of hydrogen-bond acceptors (Lipinski definition) is 5. The lowest BCUT2D eigenvalue weighted by Gasteiger charge is -2.11. The maximum absolute atomic E-state index is 13.6. The molecule has 29 heavy (non-hydrogen) atoms. The number of nitrogens with one attached hydrogen (secondary N) is 3. The Bertz CT molecular complexity index is 975. The van der Waals surface area contributed by atoms with Crippen molar-refractivity contribution < 1.29 is 9.18 Å². The Morgan fingerprint density at radius 2 is 1.76 bits per heavy atom.